The summed E-state index contributed by atoms with van der Waals surface area (Å²) in [5.74, 6) is 0. The van der Waals surface area contributed by atoms with E-state index in [4.69, 9.17) is 20.4 Å². The van der Waals surface area contributed by atoms with E-state index in [2.05, 4.69) is 18.8 Å². The number of rotatable bonds is 16. The predicted molar refractivity (Wildman–Crippen MR) is 169 cm³/mol. The average Bonchev–Trinajstić information content (AvgIpc) is 2.84. The molecule has 36 heavy (non-hydrogen) atoms. The van der Waals surface area contributed by atoms with E-state index in [0.29, 0.717) is 19.3 Å². The maximum atomic E-state index is 13.1. The molecule has 0 aliphatic carbocycles. The first-order valence-corrected chi connectivity index (χ1v) is 12.5. The Morgan fingerprint density at radius 3 is 1.44 bits per heavy atom. The second-order valence-electron chi connectivity index (χ2n) is 8.04. The third-order valence-electron chi connectivity index (χ3n) is 5.37. The van der Waals surface area contributed by atoms with Gasteiger partial charge >= 0.3 is 17.1 Å². The fourth-order valence-corrected chi connectivity index (χ4v) is 3.57. The van der Waals surface area contributed by atoms with E-state index < -0.39 is 23.2 Å². The van der Waals surface area contributed by atoms with Crippen molar-refractivity contribution in [3.63, 3.8) is 0 Å². The number of carbonyl (C=O) groups excluding carboxylic acids is 3. The van der Waals surface area contributed by atoms with Gasteiger partial charge in [-0.25, -0.2) is 53.3 Å². The van der Waals surface area contributed by atoms with Gasteiger partial charge in [0.25, 0.3) is 0 Å². The molecule has 1 aromatic heterocycles. The molecule has 0 spiro atoms. The van der Waals surface area contributed by atoms with Crippen LogP contribution in [0.25, 0.3) is 0 Å². The largest absolute Gasteiger partial charge is 0.338 e. The minimum atomic E-state index is -0.918. The van der Waals surface area contributed by atoms with Crippen LogP contribution >= 0.6 is 0 Å². The lowest BCUT2D eigenvalue weighted by Gasteiger charge is -2.18. The molecule has 1 heterocycles. The third kappa shape index (κ3) is 13.4. The Morgan fingerprint density at radius 1 is 0.694 bits per heavy atom. The minimum Gasteiger partial charge on any atom is -0.247 e. The maximum absolute atomic E-state index is 13.1. The summed E-state index contributed by atoms with van der Waals surface area (Å²) < 4.78 is 3.27. The van der Waals surface area contributed by atoms with E-state index in [-0.39, 0.29) is 35.9 Å². The zero-order valence-electron chi connectivity index (χ0n) is 21.7. The van der Waals surface area contributed by atoms with Crippen LogP contribution in [0.4, 0.5) is 0 Å². The molecule has 0 saturated carbocycles. The Kier molecular flexibility index (Phi) is 22.5. The van der Waals surface area contributed by atoms with Crippen molar-refractivity contribution >= 4 is 18.2 Å². The SMILES string of the molecule is CCCCCCn1c(=O)n(CCCCCC)c(=O)n(C(CCCCC)N=C=O)c1=O.N=C=O.N=C=O.[HH].[HH].[HH].[HH].[HH].[HH].[HH].[HH].[HH].[HH].[HH].[HH].[HH].[HH].[HH].[HH]. The van der Waals surface area contributed by atoms with Crippen molar-refractivity contribution in [1.82, 2.24) is 13.7 Å². The summed E-state index contributed by atoms with van der Waals surface area (Å²) in [4.78, 5) is 70.5. The van der Waals surface area contributed by atoms with Crippen LogP contribution in [0.1, 0.15) is 127 Å². The second-order valence-corrected chi connectivity index (χ2v) is 8.04. The monoisotopic (exact) mass is 541 g/mol. The predicted octanol–water partition coefficient (Wildman–Crippen LogP) is 7.48. The highest BCUT2D eigenvalue weighted by Gasteiger charge is 2.21. The zero-order chi connectivity index (χ0) is 27.8. The Hall–Kier alpha value is -3.45. The van der Waals surface area contributed by atoms with E-state index in [1.165, 1.54) is 6.08 Å². The molecule has 0 fully saturated rings. The Bertz CT molecular complexity index is 1010. The summed E-state index contributed by atoms with van der Waals surface area (Å²) in [6.07, 6.45) is 12.4. The van der Waals surface area contributed by atoms with Crippen molar-refractivity contribution in [2.45, 2.75) is 117 Å². The van der Waals surface area contributed by atoms with E-state index >= 15 is 0 Å². The van der Waals surface area contributed by atoms with Gasteiger partial charge in [0.1, 0.15) is 6.17 Å². The smallest absolute Gasteiger partial charge is 0.247 e. The normalized spacial score (nSPS) is 10.4. The summed E-state index contributed by atoms with van der Waals surface area (Å²) in [5, 5.41) is 10.8. The van der Waals surface area contributed by atoms with Crippen molar-refractivity contribution < 1.29 is 37.2 Å². The van der Waals surface area contributed by atoms with Crippen molar-refractivity contribution in [2.24, 2.45) is 4.99 Å². The van der Waals surface area contributed by atoms with Crippen molar-refractivity contribution in [1.29, 1.82) is 10.8 Å². The lowest BCUT2D eigenvalue weighted by atomic mass is 10.2. The first kappa shape index (κ1) is 34.7. The summed E-state index contributed by atoms with van der Waals surface area (Å²) >= 11 is 0. The quantitative estimate of drug-likeness (QED) is 0.124. The fourth-order valence-electron chi connectivity index (χ4n) is 3.57. The average molecular weight is 541 g/mol. The summed E-state index contributed by atoms with van der Waals surface area (Å²) in [7, 11) is 0. The van der Waals surface area contributed by atoms with E-state index in [9.17, 15) is 19.2 Å². The summed E-state index contributed by atoms with van der Waals surface area (Å²) in [5.41, 5.74) is -1.91. The van der Waals surface area contributed by atoms with Gasteiger partial charge in [-0.15, -0.1) is 0 Å². The van der Waals surface area contributed by atoms with Crippen LogP contribution in [-0.2, 0) is 27.5 Å². The van der Waals surface area contributed by atoms with Crippen molar-refractivity contribution in [2.75, 3.05) is 0 Å². The second kappa shape index (κ2) is 23.3. The molecule has 0 saturated heterocycles. The molecule has 0 aliphatic rings. The maximum Gasteiger partial charge on any atom is 0.338 e. The highest BCUT2D eigenvalue weighted by atomic mass is 16.2. The molecule has 0 aromatic carbocycles. The highest BCUT2D eigenvalue weighted by Crippen LogP contribution is 2.13. The van der Waals surface area contributed by atoms with E-state index in [1.807, 2.05) is 6.92 Å². The topological polar surface area (TPSA) is 177 Å². The summed E-state index contributed by atoms with van der Waals surface area (Å²) in [6, 6.07) is 0. The van der Waals surface area contributed by atoms with Crippen LogP contribution < -0.4 is 17.1 Å². The number of unbranched alkanes of at least 4 members (excludes halogenated alkanes) is 8. The van der Waals surface area contributed by atoms with Gasteiger partial charge in [-0.2, -0.15) is 4.99 Å². The Morgan fingerprint density at radius 2 is 1.08 bits per heavy atom. The lowest BCUT2D eigenvalue weighted by molar-refractivity contribution is 0.362. The molecule has 234 valence electrons. The van der Waals surface area contributed by atoms with Crippen LogP contribution in [-0.4, -0.2) is 31.9 Å². The molecule has 1 rings (SSSR count). The van der Waals surface area contributed by atoms with Crippen LogP contribution in [0.15, 0.2) is 19.4 Å². The zero-order valence-corrected chi connectivity index (χ0v) is 21.7. The molecule has 1 unspecified atom stereocenters. The van der Waals surface area contributed by atoms with Gasteiger partial charge in [-0.05, 0) is 25.7 Å². The number of hydrogen-bond acceptors (Lipinski definition) is 9. The number of nitrogens with one attached hydrogen (secondary N) is 2. The van der Waals surface area contributed by atoms with Crippen molar-refractivity contribution in [3.05, 3.63) is 31.5 Å². The molecule has 1 atom stereocenters. The number of aliphatic imine (C=N–C) groups is 1. The Balaban J connectivity index is -0.0000000307. The molecule has 2 N–H and O–H groups in total. The lowest BCUT2D eigenvalue weighted by Crippen LogP contribution is -2.55. The number of aromatic nitrogens is 3. The third-order valence-corrected chi connectivity index (χ3v) is 5.37. The van der Waals surface area contributed by atoms with Crippen LogP contribution in [0.2, 0.25) is 0 Å². The molecule has 0 amide bonds. The van der Waals surface area contributed by atoms with Gasteiger partial charge in [0.15, 0.2) is 0 Å². The van der Waals surface area contributed by atoms with Crippen molar-refractivity contribution in [3.8, 4) is 0 Å². The summed E-state index contributed by atoms with van der Waals surface area (Å²) in [6.45, 7) is 6.75. The van der Waals surface area contributed by atoms with Crippen LogP contribution in [0, 0.1) is 10.8 Å². The van der Waals surface area contributed by atoms with E-state index in [0.717, 1.165) is 83.6 Å². The van der Waals surface area contributed by atoms with Gasteiger partial charge in [0, 0.05) is 35.9 Å². The van der Waals surface area contributed by atoms with Gasteiger partial charge in [0.2, 0.25) is 18.2 Å². The highest BCUT2D eigenvalue weighted by molar-refractivity contribution is 5.33. The fraction of sp³-hybridized carbons (Fsp3) is 0.750. The van der Waals surface area contributed by atoms with Gasteiger partial charge in [-0.1, -0.05) is 72.1 Å². The molecule has 0 aliphatic heterocycles. The minimum absolute atomic E-state index is 0. The molecule has 0 bridgehead atoms. The first-order valence-electron chi connectivity index (χ1n) is 12.5. The molecular weight excluding hydrogens is 468 g/mol. The molecule has 12 heteroatoms. The Labute approximate surface area is 234 Å². The van der Waals surface area contributed by atoms with E-state index in [1.54, 1.807) is 0 Å². The first-order chi connectivity index (χ1) is 17.4. The van der Waals surface area contributed by atoms with Crippen LogP contribution in [0.5, 0.6) is 0 Å². The molecule has 12 nitrogen and oxygen atoms in total. The molecule has 0 radical (unpaired) electrons. The number of isocyanates is 3. The van der Waals surface area contributed by atoms with Gasteiger partial charge < -0.3 is 0 Å². The number of hydrogen-bond donors (Lipinski definition) is 2. The van der Waals surface area contributed by atoms with Gasteiger partial charge in [0.05, 0.1) is 0 Å². The van der Waals surface area contributed by atoms with Gasteiger partial charge in [-0.3, -0.25) is 0 Å². The molecular formula is C24H72N6O6. The number of nitrogens with zero attached hydrogens (tertiary/aromatic N) is 4. The standard InChI is InChI=1S/C22H38N4O4.2CHNO.16H2/c1-4-7-10-13-16-24-20(28)25(17-14-11-8-5-2)22(30)26(21(24)29)19(23-18-27)15-12-9-6-3;2*2-1-3;;;;;;;;;;;;;;;;/h19H,4-17H2,1-3H3;2*2H;16*1H. The molecule has 1 aromatic rings. The van der Waals surface area contributed by atoms with Crippen LogP contribution in [0.3, 0.4) is 0 Å².